The van der Waals surface area contributed by atoms with Crippen LogP contribution in [0.25, 0.3) is 11.6 Å². The number of amides is 1. The average molecular weight is 249 g/mol. The van der Waals surface area contributed by atoms with E-state index in [1.807, 2.05) is 6.92 Å². The van der Waals surface area contributed by atoms with Crippen molar-refractivity contribution >= 4 is 5.91 Å². The lowest BCUT2D eigenvalue weighted by Gasteiger charge is -2.00. The van der Waals surface area contributed by atoms with E-state index < -0.39 is 0 Å². The molecule has 1 N–H and O–H groups in total. The Morgan fingerprint density at radius 3 is 3.11 bits per heavy atom. The summed E-state index contributed by atoms with van der Waals surface area (Å²) >= 11 is 0. The number of rotatable bonds is 6. The molecule has 2 aromatic heterocycles. The molecule has 2 heterocycles. The summed E-state index contributed by atoms with van der Waals surface area (Å²) in [5.74, 6) is 1.40. The second kappa shape index (κ2) is 6.00. The number of nitrogens with one attached hydrogen (secondary N) is 1. The summed E-state index contributed by atoms with van der Waals surface area (Å²) in [5.41, 5.74) is 0. The fourth-order valence-electron chi connectivity index (χ4n) is 1.44. The van der Waals surface area contributed by atoms with Crippen molar-refractivity contribution in [2.75, 3.05) is 6.54 Å². The Morgan fingerprint density at radius 1 is 1.50 bits per heavy atom. The third-order valence-electron chi connectivity index (χ3n) is 2.35. The monoisotopic (exact) mass is 249 g/mol. The molecule has 0 radical (unpaired) electrons. The van der Waals surface area contributed by atoms with E-state index in [4.69, 9.17) is 8.94 Å². The highest BCUT2D eigenvalue weighted by Gasteiger charge is 2.11. The molecular weight excluding hydrogens is 234 g/mol. The first kappa shape index (κ1) is 12.3. The molecule has 0 aliphatic carbocycles. The first-order valence-electron chi connectivity index (χ1n) is 5.92. The van der Waals surface area contributed by atoms with Gasteiger partial charge in [-0.15, -0.1) is 0 Å². The molecule has 96 valence electrons. The van der Waals surface area contributed by atoms with E-state index in [1.165, 1.54) is 0 Å². The second-order valence-electron chi connectivity index (χ2n) is 3.84. The molecule has 6 nitrogen and oxygen atoms in total. The smallest absolute Gasteiger partial charge is 0.238 e. The van der Waals surface area contributed by atoms with Crippen LogP contribution in [0, 0.1) is 0 Å². The van der Waals surface area contributed by atoms with Crippen LogP contribution in [0.4, 0.5) is 0 Å². The standard InChI is InChI=1S/C12H15N3O3/c1-2-7-13-10(16)5-6-11-14-12(15-18-11)9-4-3-8-17-9/h3-4,8H,2,5-7H2,1H3,(H,13,16). The number of nitrogens with zero attached hydrogens (tertiary/aromatic N) is 2. The van der Waals surface area contributed by atoms with Crippen LogP contribution in [0.2, 0.25) is 0 Å². The van der Waals surface area contributed by atoms with E-state index in [1.54, 1.807) is 18.4 Å². The summed E-state index contributed by atoms with van der Waals surface area (Å²) in [4.78, 5) is 15.5. The maximum Gasteiger partial charge on any atom is 0.238 e. The van der Waals surface area contributed by atoms with Crippen molar-refractivity contribution in [2.45, 2.75) is 26.2 Å². The van der Waals surface area contributed by atoms with Gasteiger partial charge in [0.15, 0.2) is 5.76 Å². The van der Waals surface area contributed by atoms with Crippen molar-refractivity contribution in [1.82, 2.24) is 15.5 Å². The lowest BCUT2D eigenvalue weighted by Crippen LogP contribution is -2.24. The van der Waals surface area contributed by atoms with Crippen molar-refractivity contribution in [1.29, 1.82) is 0 Å². The summed E-state index contributed by atoms with van der Waals surface area (Å²) < 4.78 is 10.2. The molecule has 6 heteroatoms. The largest absolute Gasteiger partial charge is 0.461 e. The fraction of sp³-hybridized carbons (Fsp3) is 0.417. The van der Waals surface area contributed by atoms with Crippen molar-refractivity contribution < 1.29 is 13.7 Å². The van der Waals surface area contributed by atoms with Crippen LogP contribution in [-0.4, -0.2) is 22.6 Å². The zero-order valence-electron chi connectivity index (χ0n) is 10.2. The number of carbonyl (C=O) groups is 1. The summed E-state index contributed by atoms with van der Waals surface area (Å²) in [6.45, 7) is 2.70. The molecule has 0 saturated heterocycles. The van der Waals surface area contributed by atoms with Crippen LogP contribution in [0.1, 0.15) is 25.7 Å². The molecule has 2 aromatic rings. The fourth-order valence-corrected chi connectivity index (χ4v) is 1.44. The molecule has 0 saturated carbocycles. The molecule has 18 heavy (non-hydrogen) atoms. The van der Waals surface area contributed by atoms with Gasteiger partial charge in [-0.05, 0) is 18.6 Å². The Hall–Kier alpha value is -2.11. The average Bonchev–Trinajstić information content (AvgIpc) is 3.03. The van der Waals surface area contributed by atoms with Crippen molar-refractivity contribution in [3.8, 4) is 11.6 Å². The third kappa shape index (κ3) is 3.19. The topological polar surface area (TPSA) is 81.2 Å². The van der Waals surface area contributed by atoms with Gasteiger partial charge in [0, 0.05) is 19.4 Å². The minimum Gasteiger partial charge on any atom is -0.461 e. The predicted molar refractivity (Wildman–Crippen MR) is 63.6 cm³/mol. The molecule has 0 spiro atoms. The second-order valence-corrected chi connectivity index (χ2v) is 3.84. The highest BCUT2D eigenvalue weighted by Crippen LogP contribution is 2.16. The maximum atomic E-state index is 11.4. The number of hydrogen-bond acceptors (Lipinski definition) is 5. The van der Waals surface area contributed by atoms with Gasteiger partial charge in [0.1, 0.15) is 0 Å². The first-order chi connectivity index (χ1) is 8.79. The van der Waals surface area contributed by atoms with Gasteiger partial charge in [0.2, 0.25) is 17.6 Å². The molecule has 0 bridgehead atoms. The lowest BCUT2D eigenvalue weighted by atomic mass is 10.3. The summed E-state index contributed by atoms with van der Waals surface area (Å²) in [6.07, 6.45) is 3.25. The van der Waals surface area contributed by atoms with Gasteiger partial charge in [0.05, 0.1) is 6.26 Å². The zero-order chi connectivity index (χ0) is 12.8. The van der Waals surface area contributed by atoms with Crippen LogP contribution in [0.5, 0.6) is 0 Å². The van der Waals surface area contributed by atoms with E-state index >= 15 is 0 Å². The van der Waals surface area contributed by atoms with Gasteiger partial charge in [-0.1, -0.05) is 12.1 Å². The molecule has 0 fully saturated rings. The Morgan fingerprint density at radius 2 is 2.39 bits per heavy atom. The Labute approximate surface area is 104 Å². The highest BCUT2D eigenvalue weighted by atomic mass is 16.5. The van der Waals surface area contributed by atoms with Crippen molar-refractivity contribution in [3.05, 3.63) is 24.3 Å². The first-order valence-corrected chi connectivity index (χ1v) is 5.92. The molecule has 0 aliphatic rings. The predicted octanol–water partition coefficient (Wildman–Crippen LogP) is 1.79. The number of carbonyl (C=O) groups excluding carboxylic acids is 1. The quantitative estimate of drug-likeness (QED) is 0.844. The van der Waals surface area contributed by atoms with Gasteiger partial charge < -0.3 is 14.3 Å². The van der Waals surface area contributed by atoms with Gasteiger partial charge in [-0.25, -0.2) is 0 Å². The van der Waals surface area contributed by atoms with E-state index in [9.17, 15) is 4.79 Å². The molecule has 0 unspecified atom stereocenters. The Kier molecular flexibility index (Phi) is 4.11. The number of furan rings is 1. The van der Waals surface area contributed by atoms with Gasteiger partial charge in [0.25, 0.3) is 0 Å². The van der Waals surface area contributed by atoms with Crippen LogP contribution >= 0.6 is 0 Å². The maximum absolute atomic E-state index is 11.4. The summed E-state index contributed by atoms with van der Waals surface area (Å²) in [6, 6.07) is 3.51. The molecule has 1 amide bonds. The van der Waals surface area contributed by atoms with Crippen LogP contribution < -0.4 is 5.32 Å². The highest BCUT2D eigenvalue weighted by molar-refractivity contribution is 5.75. The molecular formula is C12H15N3O3. The third-order valence-corrected chi connectivity index (χ3v) is 2.35. The summed E-state index contributed by atoms with van der Waals surface area (Å²) in [5, 5.41) is 6.58. The minimum absolute atomic E-state index is 0.00500. The normalized spacial score (nSPS) is 10.5. The van der Waals surface area contributed by atoms with Crippen molar-refractivity contribution in [2.24, 2.45) is 0 Å². The lowest BCUT2D eigenvalue weighted by molar-refractivity contribution is -0.121. The molecule has 0 aliphatic heterocycles. The number of aromatic nitrogens is 2. The minimum atomic E-state index is -0.00500. The van der Waals surface area contributed by atoms with Gasteiger partial charge in [-0.3, -0.25) is 4.79 Å². The Bertz CT molecular complexity index is 490. The van der Waals surface area contributed by atoms with E-state index in [0.29, 0.717) is 36.9 Å². The SMILES string of the molecule is CCCNC(=O)CCc1nc(-c2ccco2)no1. The van der Waals surface area contributed by atoms with Crippen LogP contribution in [-0.2, 0) is 11.2 Å². The van der Waals surface area contributed by atoms with Gasteiger partial charge in [-0.2, -0.15) is 4.98 Å². The molecule has 2 rings (SSSR count). The molecule has 0 atom stereocenters. The number of aryl methyl sites for hydroxylation is 1. The van der Waals surface area contributed by atoms with Gasteiger partial charge >= 0.3 is 0 Å². The number of hydrogen-bond donors (Lipinski definition) is 1. The van der Waals surface area contributed by atoms with E-state index in [2.05, 4.69) is 15.5 Å². The van der Waals surface area contributed by atoms with Crippen LogP contribution in [0.15, 0.2) is 27.3 Å². The summed E-state index contributed by atoms with van der Waals surface area (Å²) in [7, 11) is 0. The van der Waals surface area contributed by atoms with Crippen LogP contribution in [0.3, 0.4) is 0 Å². The molecule has 0 aromatic carbocycles. The van der Waals surface area contributed by atoms with Crippen molar-refractivity contribution in [3.63, 3.8) is 0 Å². The Balaban J connectivity index is 1.86. The zero-order valence-corrected chi connectivity index (χ0v) is 10.2. The van der Waals surface area contributed by atoms with E-state index in [-0.39, 0.29) is 5.91 Å². The van der Waals surface area contributed by atoms with E-state index in [0.717, 1.165) is 6.42 Å².